The zero-order valence-corrected chi connectivity index (χ0v) is 21.7. The van der Waals surface area contributed by atoms with Crippen molar-refractivity contribution in [1.29, 1.82) is 0 Å². The molecule has 0 saturated heterocycles. The molecule has 3 saturated carbocycles. The van der Waals surface area contributed by atoms with Gasteiger partial charge in [-0.2, -0.15) is 13.2 Å². The second-order valence-electron chi connectivity index (χ2n) is 11.3. The second-order valence-corrected chi connectivity index (χ2v) is 14.5. The van der Waals surface area contributed by atoms with Crippen molar-refractivity contribution >= 4 is 43.5 Å². The molecule has 0 bridgehead atoms. The summed E-state index contributed by atoms with van der Waals surface area (Å²) < 4.78 is 40.7. The second kappa shape index (κ2) is 6.06. The number of hydrogen-bond acceptors (Lipinski definition) is 0. The predicted octanol–water partition coefficient (Wildman–Crippen LogP) is 8.90. The van der Waals surface area contributed by atoms with Gasteiger partial charge in [0.25, 0.3) is 0 Å². The van der Waals surface area contributed by atoms with Crippen molar-refractivity contribution in [3.63, 3.8) is 0 Å². The van der Waals surface area contributed by atoms with Crippen LogP contribution in [0.25, 0.3) is 0 Å². The minimum atomic E-state index is -4.49. The van der Waals surface area contributed by atoms with E-state index in [0.29, 0.717) is 17.8 Å². The van der Waals surface area contributed by atoms with Crippen molar-refractivity contribution in [3.05, 3.63) is 20.6 Å². The number of halogens is 6. The molecule has 4 atom stereocenters. The van der Waals surface area contributed by atoms with E-state index >= 15 is 0 Å². The van der Waals surface area contributed by atoms with Crippen LogP contribution in [0.2, 0.25) is 0 Å². The Morgan fingerprint density at radius 3 is 1.68 bits per heavy atom. The third kappa shape index (κ3) is 2.80. The molecule has 3 rings (SSSR count). The fourth-order valence-corrected chi connectivity index (χ4v) is 7.91. The van der Waals surface area contributed by atoms with Crippen LogP contribution < -0.4 is 0 Å². The molecule has 0 N–H and O–H groups in total. The van der Waals surface area contributed by atoms with Gasteiger partial charge < -0.3 is 0 Å². The highest BCUT2D eigenvalue weighted by Crippen LogP contribution is 2.94. The third-order valence-corrected chi connectivity index (χ3v) is 10.0. The van der Waals surface area contributed by atoms with Crippen LogP contribution in [0.4, 0.5) is 13.2 Å². The Balaban J connectivity index is 2.14. The van der Waals surface area contributed by atoms with Crippen LogP contribution in [-0.2, 0) is 0 Å². The standard InChI is InChI=1S/C22H30Br2ClF3/c1-17(2)11(9-14(23)24)15(17)21(16-19(5,6)20(16,7)8)12(18(21,3)4)10-13(25)22(26,27)28/h9-12,15-16H,1-8H3. The van der Waals surface area contributed by atoms with Crippen LogP contribution in [0.15, 0.2) is 20.6 Å². The smallest absolute Gasteiger partial charge is 0.165 e. The molecule has 3 fully saturated rings. The van der Waals surface area contributed by atoms with Crippen molar-refractivity contribution in [2.75, 3.05) is 0 Å². The summed E-state index contributed by atoms with van der Waals surface area (Å²) in [5.41, 5.74) is -0.249. The zero-order chi connectivity index (χ0) is 21.9. The van der Waals surface area contributed by atoms with E-state index in [1.54, 1.807) is 0 Å². The Labute approximate surface area is 189 Å². The van der Waals surface area contributed by atoms with Gasteiger partial charge in [0.15, 0.2) is 0 Å². The summed E-state index contributed by atoms with van der Waals surface area (Å²) in [6, 6.07) is 0. The Hall–Kier alpha value is 0.520. The molecular formula is C22H30Br2ClF3. The molecule has 28 heavy (non-hydrogen) atoms. The average Bonchev–Trinajstić information content (AvgIpc) is 3.26. The van der Waals surface area contributed by atoms with Crippen LogP contribution in [0.5, 0.6) is 0 Å². The molecule has 0 aliphatic heterocycles. The van der Waals surface area contributed by atoms with Gasteiger partial charge >= 0.3 is 6.18 Å². The third-order valence-electron chi connectivity index (χ3n) is 9.14. The lowest BCUT2D eigenvalue weighted by Gasteiger charge is -2.26. The summed E-state index contributed by atoms with van der Waals surface area (Å²) in [6.45, 7) is 17.8. The summed E-state index contributed by atoms with van der Waals surface area (Å²) in [5.74, 6) is 0.788. The van der Waals surface area contributed by atoms with E-state index in [-0.39, 0.29) is 33.0 Å². The van der Waals surface area contributed by atoms with E-state index in [4.69, 9.17) is 11.6 Å². The summed E-state index contributed by atoms with van der Waals surface area (Å²) in [7, 11) is 0. The van der Waals surface area contributed by atoms with Gasteiger partial charge in [-0.25, -0.2) is 0 Å². The highest BCUT2D eigenvalue weighted by atomic mass is 79.9. The molecule has 6 heteroatoms. The van der Waals surface area contributed by atoms with Crippen molar-refractivity contribution in [2.45, 2.75) is 61.6 Å². The zero-order valence-electron chi connectivity index (χ0n) is 17.7. The van der Waals surface area contributed by atoms with Crippen LogP contribution >= 0.6 is 43.5 Å². The first-order valence-corrected chi connectivity index (χ1v) is 11.7. The summed E-state index contributed by atoms with van der Waals surface area (Å²) in [4.78, 5) is 0. The topological polar surface area (TPSA) is 0 Å². The fourth-order valence-electron chi connectivity index (χ4n) is 7.21. The van der Waals surface area contributed by atoms with Gasteiger partial charge in [-0.1, -0.05) is 79.1 Å². The first-order valence-electron chi connectivity index (χ1n) is 9.77. The molecule has 0 radical (unpaired) electrons. The molecule has 0 heterocycles. The van der Waals surface area contributed by atoms with Gasteiger partial charge in [0, 0.05) is 0 Å². The fraction of sp³-hybridized carbons (Fsp3) is 0.818. The Kier molecular flexibility index (Phi) is 5.02. The van der Waals surface area contributed by atoms with Gasteiger partial charge in [0.05, 0.1) is 3.39 Å². The Morgan fingerprint density at radius 1 is 0.857 bits per heavy atom. The molecule has 3 aliphatic rings. The lowest BCUT2D eigenvalue weighted by atomic mass is 9.78. The van der Waals surface area contributed by atoms with Gasteiger partial charge in [0.1, 0.15) is 5.03 Å². The Bertz CT molecular complexity index is 742. The molecule has 4 unspecified atom stereocenters. The molecule has 0 amide bonds. The van der Waals surface area contributed by atoms with Gasteiger partial charge in [-0.15, -0.1) is 0 Å². The lowest BCUT2D eigenvalue weighted by Crippen LogP contribution is -2.22. The molecule has 160 valence electrons. The van der Waals surface area contributed by atoms with Crippen LogP contribution in [0.3, 0.4) is 0 Å². The monoisotopic (exact) mass is 544 g/mol. The predicted molar refractivity (Wildman–Crippen MR) is 117 cm³/mol. The summed E-state index contributed by atoms with van der Waals surface area (Å²) in [5, 5.41) is -0.976. The normalized spacial score (nSPS) is 40.1. The van der Waals surface area contributed by atoms with Gasteiger partial charge in [-0.05, 0) is 82.6 Å². The molecule has 0 aromatic rings. The summed E-state index contributed by atoms with van der Waals surface area (Å²) in [6.07, 6.45) is -0.989. The largest absolute Gasteiger partial charge is 0.426 e. The maximum Gasteiger partial charge on any atom is 0.426 e. The summed E-state index contributed by atoms with van der Waals surface area (Å²) >= 11 is 12.7. The first kappa shape index (κ1) is 23.2. The number of allylic oxidation sites excluding steroid dienone is 3. The van der Waals surface area contributed by atoms with E-state index < -0.39 is 11.2 Å². The van der Waals surface area contributed by atoms with Gasteiger partial charge in [-0.3, -0.25) is 0 Å². The van der Waals surface area contributed by atoms with E-state index in [0.717, 1.165) is 3.39 Å². The van der Waals surface area contributed by atoms with Crippen LogP contribution in [0, 0.1) is 50.7 Å². The van der Waals surface area contributed by atoms with E-state index in [9.17, 15) is 13.2 Å². The maximum absolute atomic E-state index is 13.3. The molecule has 3 aliphatic carbocycles. The molecular weight excluding hydrogens is 516 g/mol. The first-order chi connectivity index (χ1) is 12.3. The van der Waals surface area contributed by atoms with E-state index in [1.807, 2.05) is 0 Å². The van der Waals surface area contributed by atoms with E-state index in [1.165, 1.54) is 6.08 Å². The maximum atomic E-state index is 13.3. The number of rotatable bonds is 4. The quantitative estimate of drug-likeness (QED) is 0.330. The highest BCUT2D eigenvalue weighted by Gasteiger charge is 2.90. The molecule has 0 spiro atoms. The minimum absolute atomic E-state index is 0.0338. The highest BCUT2D eigenvalue weighted by molar-refractivity contribution is 9.28. The molecule has 0 aromatic heterocycles. The van der Waals surface area contributed by atoms with Crippen molar-refractivity contribution < 1.29 is 13.2 Å². The minimum Gasteiger partial charge on any atom is -0.165 e. The van der Waals surface area contributed by atoms with Gasteiger partial charge in [0.2, 0.25) is 0 Å². The SMILES string of the molecule is CC1(C)C(C=C(Br)Br)C1C1(C2C(C)(C)C2(C)C)C(C=C(Cl)C(F)(F)F)C1(C)C. The number of hydrogen-bond donors (Lipinski definition) is 0. The van der Waals surface area contributed by atoms with Crippen LogP contribution in [-0.4, -0.2) is 6.18 Å². The number of alkyl halides is 3. The molecule has 0 nitrogen and oxygen atoms in total. The van der Waals surface area contributed by atoms with Crippen molar-refractivity contribution in [3.8, 4) is 0 Å². The molecule has 0 aromatic carbocycles. The van der Waals surface area contributed by atoms with E-state index in [2.05, 4.69) is 93.3 Å². The lowest BCUT2D eigenvalue weighted by molar-refractivity contribution is -0.0849. The van der Waals surface area contributed by atoms with Crippen molar-refractivity contribution in [1.82, 2.24) is 0 Å². The Morgan fingerprint density at radius 2 is 1.32 bits per heavy atom. The average molecular weight is 547 g/mol. The van der Waals surface area contributed by atoms with Crippen LogP contribution in [0.1, 0.15) is 55.4 Å². The van der Waals surface area contributed by atoms with Crippen molar-refractivity contribution in [2.24, 2.45) is 50.7 Å².